The predicted octanol–water partition coefficient (Wildman–Crippen LogP) is 5.74. The molecule has 8 heteroatoms. The van der Waals surface area contributed by atoms with Crippen molar-refractivity contribution in [2.24, 2.45) is 11.8 Å². The Kier molecular flexibility index (Phi) is 8.42. The van der Waals surface area contributed by atoms with Crippen LogP contribution in [0.5, 0.6) is 0 Å². The van der Waals surface area contributed by atoms with Gasteiger partial charge in [-0.2, -0.15) is 0 Å². The van der Waals surface area contributed by atoms with Crippen LogP contribution in [0, 0.1) is 11.8 Å². The molecule has 36 heavy (non-hydrogen) atoms. The summed E-state index contributed by atoms with van der Waals surface area (Å²) in [5.41, 5.74) is 1.46. The topological polar surface area (TPSA) is 102 Å². The van der Waals surface area contributed by atoms with E-state index in [2.05, 4.69) is 10.3 Å². The second kappa shape index (κ2) is 11.9. The summed E-state index contributed by atoms with van der Waals surface area (Å²) in [6.07, 6.45) is 15.6. The summed E-state index contributed by atoms with van der Waals surface area (Å²) < 4.78 is 12.1. The van der Waals surface area contributed by atoms with Crippen molar-refractivity contribution in [3.63, 3.8) is 0 Å². The number of aliphatic carboxylic acids is 1. The number of carbonyl (C=O) groups is 2. The Morgan fingerprint density at radius 2 is 1.94 bits per heavy atom. The molecule has 196 valence electrons. The van der Waals surface area contributed by atoms with Crippen molar-refractivity contribution in [1.82, 2.24) is 10.3 Å². The zero-order valence-electron chi connectivity index (χ0n) is 21.0. The molecule has 3 aliphatic rings. The van der Waals surface area contributed by atoms with Gasteiger partial charge in [0, 0.05) is 23.8 Å². The fourth-order valence-electron chi connectivity index (χ4n) is 6.47. The van der Waals surface area contributed by atoms with Gasteiger partial charge in [0.2, 0.25) is 5.89 Å². The first-order valence-electron chi connectivity index (χ1n) is 13.7. The van der Waals surface area contributed by atoms with E-state index in [1.807, 2.05) is 11.4 Å². The van der Waals surface area contributed by atoms with E-state index in [4.69, 9.17) is 14.3 Å². The molecule has 2 N–H and O–H groups in total. The van der Waals surface area contributed by atoms with Crippen molar-refractivity contribution in [3.8, 4) is 0 Å². The van der Waals surface area contributed by atoms with Gasteiger partial charge in [0.05, 0.1) is 18.1 Å². The van der Waals surface area contributed by atoms with Gasteiger partial charge in [0.1, 0.15) is 6.26 Å². The Bertz CT molecular complexity index is 1030. The van der Waals surface area contributed by atoms with Gasteiger partial charge >= 0.3 is 5.97 Å². The minimum Gasteiger partial charge on any atom is -0.481 e. The number of nitrogens with zero attached hydrogens (tertiary/aromatic N) is 1. The van der Waals surface area contributed by atoms with Gasteiger partial charge in [-0.15, -0.1) is 11.3 Å². The highest BCUT2D eigenvalue weighted by atomic mass is 32.1. The maximum absolute atomic E-state index is 12.7. The van der Waals surface area contributed by atoms with E-state index < -0.39 is 5.97 Å². The normalized spacial score (nSPS) is 25.9. The third kappa shape index (κ3) is 6.02. The molecule has 0 spiro atoms. The molecule has 1 amide bonds. The van der Waals surface area contributed by atoms with E-state index >= 15 is 0 Å². The Labute approximate surface area is 217 Å². The van der Waals surface area contributed by atoms with Gasteiger partial charge in [0.15, 0.2) is 5.69 Å². The highest BCUT2D eigenvalue weighted by Crippen LogP contribution is 2.50. The van der Waals surface area contributed by atoms with Crippen molar-refractivity contribution < 1.29 is 23.8 Å². The largest absolute Gasteiger partial charge is 0.481 e. The average molecular weight is 515 g/mol. The molecule has 0 radical (unpaired) electrons. The Hall–Kier alpha value is -2.19. The lowest BCUT2D eigenvalue weighted by atomic mass is 9.76. The van der Waals surface area contributed by atoms with Crippen LogP contribution in [0.2, 0.25) is 0 Å². The number of aryl methyl sites for hydroxylation is 1. The fourth-order valence-corrected chi connectivity index (χ4v) is 7.48. The minimum absolute atomic E-state index is 0.0233. The molecule has 2 bridgehead atoms. The van der Waals surface area contributed by atoms with Crippen LogP contribution in [0.1, 0.15) is 103 Å². The monoisotopic (exact) mass is 514 g/mol. The molecule has 2 saturated heterocycles. The molecule has 4 heterocycles. The highest BCUT2D eigenvalue weighted by Gasteiger charge is 2.51. The number of carbonyl (C=O) groups excluding carboxylic acids is 1. The number of oxazole rings is 1. The van der Waals surface area contributed by atoms with Crippen molar-refractivity contribution in [3.05, 3.63) is 39.7 Å². The zero-order chi connectivity index (χ0) is 24.9. The van der Waals surface area contributed by atoms with Gasteiger partial charge in [-0.3, -0.25) is 9.59 Å². The molecule has 2 aromatic heterocycles. The van der Waals surface area contributed by atoms with Crippen LogP contribution in [0.3, 0.4) is 0 Å². The third-order valence-electron chi connectivity index (χ3n) is 8.38. The molecule has 4 atom stereocenters. The number of hydrogen-bond acceptors (Lipinski definition) is 6. The number of aromatic nitrogens is 1. The van der Waals surface area contributed by atoms with E-state index in [0.717, 1.165) is 43.6 Å². The number of amides is 1. The molecule has 5 rings (SSSR count). The number of nitrogens with one attached hydrogen (secondary N) is 1. The number of carboxylic acid groups (broad SMARTS) is 1. The maximum Gasteiger partial charge on any atom is 0.303 e. The molecule has 1 aliphatic carbocycles. The van der Waals surface area contributed by atoms with Crippen LogP contribution >= 0.6 is 11.3 Å². The van der Waals surface area contributed by atoms with E-state index in [9.17, 15) is 9.59 Å². The van der Waals surface area contributed by atoms with Gasteiger partial charge in [-0.1, -0.05) is 44.9 Å². The van der Waals surface area contributed by atoms with E-state index in [1.165, 1.54) is 49.7 Å². The lowest BCUT2D eigenvalue weighted by Gasteiger charge is -2.25. The minimum atomic E-state index is -0.775. The SMILES string of the molecule is O=C(O)CCc1ccsc1C[C@H]1C2CC[C@@H](O2)[C@H]1c1nc(C(=O)NCCCCC2CCCCC2)co1. The van der Waals surface area contributed by atoms with Crippen LogP contribution in [0.15, 0.2) is 22.1 Å². The molecule has 1 saturated carbocycles. The first kappa shape index (κ1) is 25.5. The van der Waals surface area contributed by atoms with Gasteiger partial charge < -0.3 is 19.6 Å². The van der Waals surface area contributed by atoms with Gasteiger partial charge in [-0.25, -0.2) is 4.98 Å². The first-order chi connectivity index (χ1) is 17.6. The molecular formula is C28H38N2O5S. The van der Waals surface area contributed by atoms with E-state index in [1.54, 1.807) is 11.3 Å². The first-order valence-corrected chi connectivity index (χ1v) is 14.6. The summed E-state index contributed by atoms with van der Waals surface area (Å²) in [6, 6.07) is 2.04. The van der Waals surface area contributed by atoms with Crippen LogP contribution in [0.25, 0.3) is 0 Å². The molecule has 1 unspecified atom stereocenters. The molecular weight excluding hydrogens is 476 g/mol. The second-order valence-corrected chi connectivity index (χ2v) is 11.8. The Balaban J connectivity index is 1.15. The quantitative estimate of drug-likeness (QED) is 0.350. The standard InChI is InChI=1S/C28H38N2O5S/c31-25(32)12-9-19-13-15-36-24(19)16-20-22-10-11-23(35-22)26(20)28-30-21(17-34-28)27(33)29-14-5-4-8-18-6-2-1-3-7-18/h13,15,17-18,20,22-23,26H,1-12,14,16H2,(H,29,33)(H,31,32)/t20-,22?,23+,26-/m0/s1. The van der Waals surface area contributed by atoms with Crippen LogP contribution < -0.4 is 5.32 Å². The number of ether oxygens (including phenoxy) is 1. The third-order valence-corrected chi connectivity index (χ3v) is 9.37. The van der Waals surface area contributed by atoms with Crippen LogP contribution in [-0.4, -0.2) is 40.7 Å². The Morgan fingerprint density at radius 1 is 1.11 bits per heavy atom. The Morgan fingerprint density at radius 3 is 2.78 bits per heavy atom. The number of hydrogen-bond donors (Lipinski definition) is 2. The van der Waals surface area contributed by atoms with Crippen LogP contribution in [-0.2, 0) is 22.4 Å². The maximum atomic E-state index is 12.7. The summed E-state index contributed by atoms with van der Waals surface area (Å²) >= 11 is 1.68. The number of carboxylic acids is 1. The van der Waals surface area contributed by atoms with Crippen molar-refractivity contribution in [2.45, 2.75) is 102 Å². The average Bonchev–Trinajstić information content (AvgIpc) is 3.68. The summed E-state index contributed by atoms with van der Waals surface area (Å²) in [5, 5.41) is 14.1. The second-order valence-electron chi connectivity index (χ2n) is 10.8. The van der Waals surface area contributed by atoms with Gasteiger partial charge in [0.25, 0.3) is 5.91 Å². The molecule has 2 aliphatic heterocycles. The molecule has 3 fully saturated rings. The molecule has 7 nitrogen and oxygen atoms in total. The molecule has 0 aromatic carbocycles. The molecule has 2 aromatic rings. The zero-order valence-corrected chi connectivity index (χ0v) is 21.8. The smallest absolute Gasteiger partial charge is 0.303 e. The van der Waals surface area contributed by atoms with Crippen LogP contribution in [0.4, 0.5) is 0 Å². The number of unbranched alkanes of at least 4 members (excludes halogenated alkanes) is 1. The summed E-state index contributed by atoms with van der Waals surface area (Å²) in [7, 11) is 0. The van der Waals surface area contributed by atoms with Crippen molar-refractivity contribution in [1.29, 1.82) is 0 Å². The lowest BCUT2D eigenvalue weighted by Crippen LogP contribution is -2.28. The lowest BCUT2D eigenvalue weighted by molar-refractivity contribution is -0.136. The van der Waals surface area contributed by atoms with Crippen molar-refractivity contribution >= 4 is 23.2 Å². The van der Waals surface area contributed by atoms with E-state index in [0.29, 0.717) is 24.6 Å². The number of thiophene rings is 1. The summed E-state index contributed by atoms with van der Waals surface area (Å²) in [5.74, 6) is 0.779. The van der Waals surface area contributed by atoms with Crippen molar-refractivity contribution in [2.75, 3.05) is 6.54 Å². The predicted molar refractivity (Wildman–Crippen MR) is 137 cm³/mol. The number of rotatable bonds is 12. The summed E-state index contributed by atoms with van der Waals surface area (Å²) in [4.78, 5) is 29.6. The van der Waals surface area contributed by atoms with E-state index in [-0.39, 0.29) is 36.4 Å². The summed E-state index contributed by atoms with van der Waals surface area (Å²) in [6.45, 7) is 0.672. The number of fused-ring (bicyclic) bond motifs is 2. The fraction of sp³-hybridized carbons (Fsp3) is 0.679. The highest BCUT2D eigenvalue weighted by molar-refractivity contribution is 7.10. The van der Waals surface area contributed by atoms with Gasteiger partial charge in [-0.05, 0) is 55.0 Å².